The molecule has 8 nitrogen and oxygen atoms in total. The highest BCUT2D eigenvalue weighted by molar-refractivity contribution is 5.86. The zero-order valence-corrected chi connectivity index (χ0v) is 8.68. The van der Waals surface area contributed by atoms with Crippen molar-refractivity contribution in [2.24, 2.45) is 0 Å². The number of carbonyl (C=O) groups excluding carboxylic acids is 1. The van der Waals surface area contributed by atoms with Crippen molar-refractivity contribution in [2.75, 3.05) is 14.1 Å². The van der Waals surface area contributed by atoms with Crippen LogP contribution in [0.4, 0.5) is 0 Å². The minimum absolute atomic E-state index is 0.482. The molecule has 1 amide bonds. The quantitative estimate of drug-likeness (QED) is 0.530. The standard InChI is InChI=1S/C5H4N2O4.C3H7NO/c8-3-2(4(9)10)1-6-5(11)7-3;1-4(2)3-5/h1H,(H,9,10)(H2,6,7,8,11);3H,1-2H3. The zero-order valence-electron chi connectivity index (χ0n) is 8.68. The van der Waals surface area contributed by atoms with E-state index in [2.05, 4.69) is 0 Å². The summed E-state index contributed by atoms with van der Waals surface area (Å²) >= 11 is 0. The van der Waals surface area contributed by atoms with Gasteiger partial charge in [-0.1, -0.05) is 0 Å². The number of nitrogens with zero attached hydrogens (tertiary/aromatic N) is 1. The summed E-state index contributed by atoms with van der Waals surface area (Å²) in [6.45, 7) is 0. The Bertz CT molecular complexity index is 473. The molecule has 1 heterocycles. The molecule has 0 spiro atoms. The summed E-state index contributed by atoms with van der Waals surface area (Å²) in [6, 6.07) is 0. The Hall–Kier alpha value is -2.38. The van der Waals surface area contributed by atoms with E-state index in [0.29, 0.717) is 0 Å². The van der Waals surface area contributed by atoms with Crippen LogP contribution in [0.2, 0.25) is 0 Å². The predicted octanol–water partition coefficient (Wildman–Crippen LogP) is -1.53. The van der Waals surface area contributed by atoms with Gasteiger partial charge < -0.3 is 15.0 Å². The molecule has 0 radical (unpaired) electrons. The van der Waals surface area contributed by atoms with Crippen LogP contribution >= 0.6 is 0 Å². The molecule has 0 aliphatic carbocycles. The molecular formula is C8H11N3O5. The van der Waals surface area contributed by atoms with Gasteiger partial charge in [-0.3, -0.25) is 14.6 Å². The van der Waals surface area contributed by atoms with Crippen LogP contribution in [0, 0.1) is 0 Å². The van der Waals surface area contributed by atoms with Crippen molar-refractivity contribution in [3.8, 4) is 0 Å². The molecule has 1 aromatic rings. The molecular weight excluding hydrogens is 218 g/mol. The maximum atomic E-state index is 10.6. The lowest BCUT2D eigenvalue weighted by molar-refractivity contribution is -0.115. The fourth-order valence-electron chi connectivity index (χ4n) is 0.569. The van der Waals surface area contributed by atoms with E-state index in [-0.39, 0.29) is 0 Å². The van der Waals surface area contributed by atoms with Gasteiger partial charge in [0, 0.05) is 20.3 Å². The Balaban J connectivity index is 0.000000385. The summed E-state index contributed by atoms with van der Waals surface area (Å²) in [6.07, 6.45) is 1.60. The van der Waals surface area contributed by atoms with Crippen LogP contribution in [0.1, 0.15) is 10.4 Å². The van der Waals surface area contributed by atoms with Gasteiger partial charge in [0.25, 0.3) is 5.56 Å². The maximum absolute atomic E-state index is 10.6. The molecule has 1 rings (SSSR count). The molecule has 0 bridgehead atoms. The van der Waals surface area contributed by atoms with Crippen LogP contribution in [-0.4, -0.2) is 46.4 Å². The van der Waals surface area contributed by atoms with E-state index >= 15 is 0 Å². The van der Waals surface area contributed by atoms with Crippen LogP contribution in [0.15, 0.2) is 15.8 Å². The number of aromatic carboxylic acids is 1. The van der Waals surface area contributed by atoms with Crippen molar-refractivity contribution < 1.29 is 14.7 Å². The summed E-state index contributed by atoms with van der Waals surface area (Å²) in [5, 5.41) is 8.31. The van der Waals surface area contributed by atoms with Crippen molar-refractivity contribution in [1.82, 2.24) is 14.9 Å². The molecule has 0 unspecified atom stereocenters. The smallest absolute Gasteiger partial charge is 0.342 e. The molecule has 8 heteroatoms. The Morgan fingerprint density at radius 3 is 2.25 bits per heavy atom. The second kappa shape index (κ2) is 6.17. The largest absolute Gasteiger partial charge is 0.477 e. The van der Waals surface area contributed by atoms with Gasteiger partial charge in [-0.25, -0.2) is 9.59 Å². The number of H-pyrrole nitrogens is 2. The molecule has 88 valence electrons. The predicted molar refractivity (Wildman–Crippen MR) is 54.4 cm³/mol. The van der Waals surface area contributed by atoms with E-state index in [0.717, 1.165) is 12.6 Å². The van der Waals surface area contributed by atoms with Crippen LogP contribution in [-0.2, 0) is 4.79 Å². The van der Waals surface area contributed by atoms with E-state index in [1.165, 1.54) is 4.90 Å². The lowest BCUT2D eigenvalue weighted by atomic mass is 10.3. The lowest BCUT2D eigenvalue weighted by Gasteiger charge is -1.93. The third-order valence-corrected chi connectivity index (χ3v) is 1.26. The SMILES string of the molecule is CN(C)C=O.O=C(O)c1c[nH]c(=O)[nH]c1=O. The van der Waals surface area contributed by atoms with Gasteiger partial charge in [-0.15, -0.1) is 0 Å². The molecule has 0 aromatic carbocycles. The van der Waals surface area contributed by atoms with Gasteiger partial charge in [0.2, 0.25) is 6.41 Å². The van der Waals surface area contributed by atoms with Crippen molar-refractivity contribution in [2.45, 2.75) is 0 Å². The highest BCUT2D eigenvalue weighted by atomic mass is 16.4. The number of carbonyl (C=O) groups is 2. The highest BCUT2D eigenvalue weighted by Gasteiger charge is 2.06. The van der Waals surface area contributed by atoms with E-state index in [1.807, 2.05) is 4.98 Å². The molecule has 0 fully saturated rings. The fourth-order valence-corrected chi connectivity index (χ4v) is 0.569. The van der Waals surface area contributed by atoms with Gasteiger partial charge in [-0.05, 0) is 0 Å². The first kappa shape index (κ1) is 13.6. The van der Waals surface area contributed by atoms with Crippen molar-refractivity contribution in [3.05, 3.63) is 32.6 Å². The number of aromatic amines is 2. The summed E-state index contributed by atoms with van der Waals surface area (Å²) in [4.78, 5) is 45.9. The fraction of sp³-hybridized carbons (Fsp3) is 0.250. The first-order valence-electron chi connectivity index (χ1n) is 4.05. The Morgan fingerprint density at radius 2 is 1.94 bits per heavy atom. The van der Waals surface area contributed by atoms with Gasteiger partial charge in [0.1, 0.15) is 5.56 Å². The molecule has 1 aromatic heterocycles. The van der Waals surface area contributed by atoms with Gasteiger partial charge in [0.05, 0.1) is 0 Å². The lowest BCUT2D eigenvalue weighted by Crippen LogP contribution is -2.26. The van der Waals surface area contributed by atoms with E-state index < -0.39 is 22.8 Å². The molecule has 16 heavy (non-hydrogen) atoms. The molecule has 0 saturated heterocycles. The molecule has 0 atom stereocenters. The summed E-state index contributed by atoms with van der Waals surface area (Å²) in [7, 11) is 3.38. The third-order valence-electron chi connectivity index (χ3n) is 1.26. The number of carboxylic acids is 1. The number of hydrogen-bond acceptors (Lipinski definition) is 4. The Morgan fingerprint density at radius 1 is 1.44 bits per heavy atom. The number of amides is 1. The normalized spacial score (nSPS) is 8.62. The first-order chi connectivity index (χ1) is 7.38. The molecule has 0 saturated carbocycles. The Labute approximate surface area is 89.5 Å². The van der Waals surface area contributed by atoms with Crippen LogP contribution < -0.4 is 11.2 Å². The number of rotatable bonds is 2. The zero-order chi connectivity index (χ0) is 12.7. The number of aromatic nitrogens is 2. The second-order valence-corrected chi connectivity index (χ2v) is 2.86. The van der Waals surface area contributed by atoms with Crippen molar-refractivity contribution >= 4 is 12.4 Å². The van der Waals surface area contributed by atoms with Gasteiger partial charge in [-0.2, -0.15) is 0 Å². The summed E-state index contributed by atoms with van der Waals surface area (Å²) < 4.78 is 0. The van der Waals surface area contributed by atoms with E-state index in [4.69, 9.17) is 5.11 Å². The van der Waals surface area contributed by atoms with E-state index in [1.54, 1.807) is 19.1 Å². The van der Waals surface area contributed by atoms with Gasteiger partial charge >= 0.3 is 11.7 Å². The monoisotopic (exact) mass is 229 g/mol. The van der Waals surface area contributed by atoms with Crippen molar-refractivity contribution in [1.29, 1.82) is 0 Å². The van der Waals surface area contributed by atoms with E-state index in [9.17, 15) is 19.2 Å². The average molecular weight is 229 g/mol. The van der Waals surface area contributed by atoms with Gasteiger partial charge in [0.15, 0.2) is 0 Å². The number of carboxylic acid groups (broad SMARTS) is 1. The summed E-state index contributed by atoms with van der Waals surface area (Å²) in [5.74, 6) is -1.37. The third kappa shape index (κ3) is 4.74. The average Bonchev–Trinajstić information content (AvgIpc) is 2.17. The van der Waals surface area contributed by atoms with Crippen LogP contribution in [0.3, 0.4) is 0 Å². The first-order valence-corrected chi connectivity index (χ1v) is 4.05. The molecule has 0 aliphatic heterocycles. The number of hydrogen-bond donors (Lipinski definition) is 3. The maximum Gasteiger partial charge on any atom is 0.342 e. The molecule has 3 N–H and O–H groups in total. The minimum Gasteiger partial charge on any atom is -0.477 e. The topological polar surface area (TPSA) is 123 Å². The van der Waals surface area contributed by atoms with Crippen molar-refractivity contribution in [3.63, 3.8) is 0 Å². The highest BCUT2D eigenvalue weighted by Crippen LogP contribution is 1.81. The second-order valence-electron chi connectivity index (χ2n) is 2.86. The minimum atomic E-state index is -1.37. The van der Waals surface area contributed by atoms with Crippen LogP contribution in [0.25, 0.3) is 0 Å². The van der Waals surface area contributed by atoms with Crippen LogP contribution in [0.5, 0.6) is 0 Å². The molecule has 0 aliphatic rings. The Kier molecular flexibility index (Phi) is 5.25. The summed E-state index contributed by atoms with van der Waals surface area (Å²) in [5.41, 5.74) is -2.11. The number of nitrogens with one attached hydrogen (secondary N) is 2.